The van der Waals surface area contributed by atoms with E-state index in [1.165, 1.54) is 11.1 Å². The average Bonchev–Trinajstić information content (AvgIpc) is 2.51. The third-order valence-corrected chi connectivity index (χ3v) is 3.77. The summed E-state index contributed by atoms with van der Waals surface area (Å²) in [5.41, 5.74) is 4.33. The first-order chi connectivity index (χ1) is 10.6. The molecule has 1 aliphatic rings. The zero-order valence-electron chi connectivity index (χ0n) is 12.6. The highest BCUT2D eigenvalue weighted by Gasteiger charge is 2.12. The van der Waals surface area contributed by atoms with Crippen LogP contribution in [0.15, 0.2) is 36.4 Å². The van der Waals surface area contributed by atoms with E-state index in [1.54, 1.807) is 0 Å². The Kier molecular flexibility index (Phi) is 4.15. The molecule has 0 aliphatic carbocycles. The van der Waals surface area contributed by atoms with Gasteiger partial charge in [0.1, 0.15) is 13.2 Å². The summed E-state index contributed by atoms with van der Waals surface area (Å²) in [7, 11) is 0. The molecule has 1 heterocycles. The number of hydrogen-bond acceptors (Lipinski definition) is 3. The molecule has 0 spiro atoms. The Morgan fingerprint density at radius 1 is 0.864 bits per heavy atom. The van der Waals surface area contributed by atoms with Gasteiger partial charge >= 0.3 is 0 Å². The molecule has 5 heteroatoms. The lowest BCUT2D eigenvalue weighted by Crippen LogP contribution is -2.20. The van der Waals surface area contributed by atoms with Gasteiger partial charge < -0.3 is 20.1 Å². The van der Waals surface area contributed by atoms with Gasteiger partial charge in [-0.05, 0) is 61.5 Å². The number of ether oxygens (including phenoxy) is 2. The number of aryl methyl sites for hydroxylation is 2. The molecule has 0 radical (unpaired) electrons. The van der Waals surface area contributed by atoms with E-state index in [9.17, 15) is 0 Å². The van der Waals surface area contributed by atoms with Crippen LogP contribution in [0.1, 0.15) is 11.1 Å². The fourth-order valence-corrected chi connectivity index (χ4v) is 2.47. The number of benzene rings is 2. The number of thiocarbonyl (C=S) groups is 1. The molecule has 4 nitrogen and oxygen atoms in total. The lowest BCUT2D eigenvalue weighted by molar-refractivity contribution is 0.171. The van der Waals surface area contributed by atoms with Crippen LogP contribution < -0.4 is 20.1 Å². The van der Waals surface area contributed by atoms with E-state index in [4.69, 9.17) is 21.7 Å². The van der Waals surface area contributed by atoms with E-state index in [1.807, 2.05) is 24.3 Å². The van der Waals surface area contributed by atoms with E-state index in [0.717, 1.165) is 22.9 Å². The van der Waals surface area contributed by atoms with Crippen LogP contribution in [0.4, 0.5) is 11.4 Å². The fourth-order valence-electron chi connectivity index (χ4n) is 2.23. The number of fused-ring (bicyclic) bond motifs is 1. The molecule has 0 amide bonds. The van der Waals surface area contributed by atoms with Crippen molar-refractivity contribution in [3.05, 3.63) is 47.5 Å². The molecule has 1 aliphatic heterocycles. The number of rotatable bonds is 2. The molecule has 22 heavy (non-hydrogen) atoms. The predicted octanol–water partition coefficient (Wildman–Crippen LogP) is 3.88. The van der Waals surface area contributed by atoms with Gasteiger partial charge in [0.2, 0.25) is 0 Å². The zero-order valence-corrected chi connectivity index (χ0v) is 13.4. The molecule has 2 N–H and O–H groups in total. The Balaban J connectivity index is 1.67. The molecular formula is C17H18N2O2S. The maximum absolute atomic E-state index is 5.56. The molecular weight excluding hydrogens is 296 g/mol. The second kappa shape index (κ2) is 6.23. The van der Waals surface area contributed by atoms with Gasteiger partial charge in [0, 0.05) is 17.4 Å². The smallest absolute Gasteiger partial charge is 0.175 e. The third-order valence-electron chi connectivity index (χ3n) is 3.56. The highest BCUT2D eigenvalue weighted by atomic mass is 32.1. The topological polar surface area (TPSA) is 42.5 Å². The van der Waals surface area contributed by atoms with Crippen molar-refractivity contribution in [2.75, 3.05) is 23.8 Å². The SMILES string of the molecule is Cc1ccc(NC(=S)Nc2ccc3c(c2)OCCO3)cc1C. The Morgan fingerprint density at radius 3 is 2.23 bits per heavy atom. The van der Waals surface area contributed by atoms with Gasteiger partial charge in [-0.15, -0.1) is 0 Å². The van der Waals surface area contributed by atoms with Crippen LogP contribution in [0.2, 0.25) is 0 Å². The van der Waals surface area contributed by atoms with Crippen LogP contribution in [0.3, 0.4) is 0 Å². The Bertz CT molecular complexity index is 716. The highest BCUT2D eigenvalue weighted by Crippen LogP contribution is 2.32. The Hall–Kier alpha value is -2.27. The van der Waals surface area contributed by atoms with E-state index >= 15 is 0 Å². The maximum Gasteiger partial charge on any atom is 0.175 e. The lowest BCUT2D eigenvalue weighted by atomic mass is 10.1. The Labute approximate surface area is 135 Å². The molecule has 2 aromatic carbocycles. The molecule has 3 rings (SSSR count). The van der Waals surface area contributed by atoms with Crippen molar-refractivity contribution in [3.8, 4) is 11.5 Å². The summed E-state index contributed by atoms with van der Waals surface area (Å²) >= 11 is 5.35. The summed E-state index contributed by atoms with van der Waals surface area (Å²) in [6.07, 6.45) is 0. The first kappa shape index (κ1) is 14.7. The predicted molar refractivity (Wildman–Crippen MR) is 93.2 cm³/mol. The molecule has 0 saturated carbocycles. The van der Waals surface area contributed by atoms with Crippen LogP contribution in [0, 0.1) is 13.8 Å². The van der Waals surface area contributed by atoms with Crippen molar-refractivity contribution in [3.63, 3.8) is 0 Å². The minimum Gasteiger partial charge on any atom is -0.486 e. The number of anilines is 2. The van der Waals surface area contributed by atoms with E-state index in [0.29, 0.717) is 18.3 Å². The normalized spacial score (nSPS) is 12.6. The van der Waals surface area contributed by atoms with Crippen LogP contribution in [-0.4, -0.2) is 18.3 Å². The van der Waals surface area contributed by atoms with Crippen molar-refractivity contribution < 1.29 is 9.47 Å². The highest BCUT2D eigenvalue weighted by molar-refractivity contribution is 7.80. The molecule has 0 unspecified atom stereocenters. The van der Waals surface area contributed by atoms with Crippen molar-refractivity contribution in [1.29, 1.82) is 0 Å². The standard InChI is InChI=1S/C17H18N2O2S/c1-11-3-4-13(9-12(11)2)18-17(22)19-14-5-6-15-16(10-14)21-8-7-20-15/h3-6,9-10H,7-8H2,1-2H3,(H2,18,19,22). The van der Waals surface area contributed by atoms with E-state index in [-0.39, 0.29) is 0 Å². The van der Waals surface area contributed by atoms with Crippen molar-refractivity contribution in [2.24, 2.45) is 0 Å². The summed E-state index contributed by atoms with van der Waals surface area (Å²) in [6, 6.07) is 11.9. The van der Waals surface area contributed by atoms with Gasteiger partial charge in [-0.25, -0.2) is 0 Å². The summed E-state index contributed by atoms with van der Waals surface area (Å²) < 4.78 is 11.1. The summed E-state index contributed by atoms with van der Waals surface area (Å²) in [5, 5.41) is 6.89. The third kappa shape index (κ3) is 3.31. The summed E-state index contributed by atoms with van der Waals surface area (Å²) in [4.78, 5) is 0. The molecule has 2 aromatic rings. The van der Waals surface area contributed by atoms with Crippen LogP contribution in [0.5, 0.6) is 11.5 Å². The largest absolute Gasteiger partial charge is 0.486 e. The summed E-state index contributed by atoms with van der Waals surface area (Å²) in [6.45, 7) is 5.33. The first-order valence-corrected chi connectivity index (χ1v) is 7.57. The first-order valence-electron chi connectivity index (χ1n) is 7.17. The quantitative estimate of drug-likeness (QED) is 0.823. The second-order valence-corrected chi connectivity index (χ2v) is 5.64. The molecule has 0 saturated heterocycles. The monoisotopic (exact) mass is 314 g/mol. The van der Waals surface area contributed by atoms with Crippen molar-refractivity contribution in [1.82, 2.24) is 0 Å². The van der Waals surface area contributed by atoms with Crippen LogP contribution in [0.25, 0.3) is 0 Å². The van der Waals surface area contributed by atoms with Crippen LogP contribution in [-0.2, 0) is 0 Å². The summed E-state index contributed by atoms with van der Waals surface area (Å²) in [5.74, 6) is 1.51. The van der Waals surface area contributed by atoms with Crippen LogP contribution >= 0.6 is 12.2 Å². The van der Waals surface area contributed by atoms with Crippen molar-refractivity contribution >= 4 is 28.7 Å². The molecule has 0 atom stereocenters. The fraction of sp³-hybridized carbons (Fsp3) is 0.235. The van der Waals surface area contributed by atoms with Gasteiger partial charge in [0.05, 0.1) is 0 Å². The minimum atomic E-state index is 0.542. The number of hydrogen-bond donors (Lipinski definition) is 2. The van der Waals surface area contributed by atoms with Crippen molar-refractivity contribution in [2.45, 2.75) is 13.8 Å². The molecule has 114 valence electrons. The average molecular weight is 314 g/mol. The minimum absolute atomic E-state index is 0.542. The Morgan fingerprint density at radius 2 is 1.50 bits per heavy atom. The molecule has 0 aromatic heterocycles. The molecule has 0 fully saturated rings. The van der Waals surface area contributed by atoms with Gasteiger partial charge in [0.25, 0.3) is 0 Å². The van der Waals surface area contributed by atoms with Gasteiger partial charge in [-0.2, -0.15) is 0 Å². The van der Waals surface area contributed by atoms with Gasteiger partial charge in [-0.3, -0.25) is 0 Å². The lowest BCUT2D eigenvalue weighted by Gasteiger charge is -2.19. The van der Waals surface area contributed by atoms with Gasteiger partial charge in [-0.1, -0.05) is 6.07 Å². The second-order valence-electron chi connectivity index (χ2n) is 5.24. The number of nitrogens with one attached hydrogen (secondary N) is 2. The zero-order chi connectivity index (χ0) is 15.5. The molecule has 0 bridgehead atoms. The van der Waals surface area contributed by atoms with E-state index < -0.39 is 0 Å². The van der Waals surface area contributed by atoms with E-state index in [2.05, 4.69) is 36.6 Å². The maximum atomic E-state index is 5.56. The van der Waals surface area contributed by atoms with Gasteiger partial charge in [0.15, 0.2) is 16.6 Å².